The zero-order valence-corrected chi connectivity index (χ0v) is 13.9. The molecule has 1 amide bonds. The molecule has 0 aromatic rings. The Kier molecular flexibility index (Phi) is 6.49. The van der Waals surface area contributed by atoms with Crippen molar-refractivity contribution in [2.75, 3.05) is 32.7 Å². The summed E-state index contributed by atoms with van der Waals surface area (Å²) >= 11 is 0. The van der Waals surface area contributed by atoms with Gasteiger partial charge in [-0.2, -0.15) is 0 Å². The third-order valence-corrected chi connectivity index (χ3v) is 5.14. The first-order valence-electron chi connectivity index (χ1n) is 8.84. The summed E-state index contributed by atoms with van der Waals surface area (Å²) in [5.74, 6) is 1.25. The van der Waals surface area contributed by atoms with Gasteiger partial charge in [0.05, 0.1) is 6.04 Å². The highest BCUT2D eigenvalue weighted by atomic mass is 16.2. The van der Waals surface area contributed by atoms with E-state index in [1.54, 1.807) is 0 Å². The average Bonchev–Trinajstić information content (AvgIpc) is 2.72. The fourth-order valence-electron chi connectivity index (χ4n) is 3.60. The summed E-state index contributed by atoms with van der Waals surface area (Å²) in [7, 11) is 0. The molecule has 0 bridgehead atoms. The number of nitrogens with zero attached hydrogens (tertiary/aromatic N) is 2. The van der Waals surface area contributed by atoms with E-state index in [1.807, 2.05) is 18.7 Å². The number of hydrogen-bond donors (Lipinski definition) is 1. The van der Waals surface area contributed by atoms with Crippen LogP contribution in [0.2, 0.25) is 0 Å². The third kappa shape index (κ3) is 4.96. The van der Waals surface area contributed by atoms with Crippen molar-refractivity contribution in [3.8, 4) is 0 Å². The normalized spacial score (nSPS) is 24.1. The van der Waals surface area contributed by atoms with Gasteiger partial charge in [0.1, 0.15) is 0 Å². The lowest BCUT2D eigenvalue weighted by Gasteiger charge is -2.29. The number of carbonyl (C=O) groups is 1. The third-order valence-electron chi connectivity index (χ3n) is 5.14. The molecule has 2 fully saturated rings. The molecule has 1 saturated heterocycles. The number of hydrogen-bond acceptors (Lipinski definition) is 3. The van der Waals surface area contributed by atoms with Gasteiger partial charge in [-0.1, -0.05) is 33.1 Å². The van der Waals surface area contributed by atoms with Crippen molar-refractivity contribution in [1.29, 1.82) is 0 Å². The van der Waals surface area contributed by atoms with Crippen LogP contribution < -0.4 is 5.73 Å². The highest BCUT2D eigenvalue weighted by Crippen LogP contribution is 2.24. The van der Waals surface area contributed by atoms with Crippen molar-refractivity contribution in [2.24, 2.45) is 17.6 Å². The van der Waals surface area contributed by atoms with Gasteiger partial charge in [-0.3, -0.25) is 4.79 Å². The predicted molar refractivity (Wildman–Crippen MR) is 87.0 cm³/mol. The van der Waals surface area contributed by atoms with Gasteiger partial charge in [-0.25, -0.2) is 0 Å². The van der Waals surface area contributed by atoms with Crippen LogP contribution in [0.15, 0.2) is 0 Å². The van der Waals surface area contributed by atoms with E-state index in [2.05, 4.69) is 4.90 Å². The Morgan fingerprint density at radius 3 is 2.43 bits per heavy atom. The van der Waals surface area contributed by atoms with Crippen molar-refractivity contribution >= 4 is 5.91 Å². The Labute approximate surface area is 130 Å². The maximum Gasteiger partial charge on any atom is 0.239 e. The van der Waals surface area contributed by atoms with E-state index in [-0.39, 0.29) is 17.9 Å². The lowest BCUT2D eigenvalue weighted by atomic mass is 9.89. The van der Waals surface area contributed by atoms with Gasteiger partial charge in [-0.15, -0.1) is 0 Å². The summed E-state index contributed by atoms with van der Waals surface area (Å²) in [6.45, 7) is 9.17. The monoisotopic (exact) mass is 295 g/mol. The van der Waals surface area contributed by atoms with Crippen LogP contribution in [0.3, 0.4) is 0 Å². The van der Waals surface area contributed by atoms with Crippen LogP contribution in [0.4, 0.5) is 0 Å². The van der Waals surface area contributed by atoms with Crippen LogP contribution >= 0.6 is 0 Å². The van der Waals surface area contributed by atoms with Crippen LogP contribution in [-0.4, -0.2) is 54.5 Å². The van der Waals surface area contributed by atoms with E-state index in [1.165, 1.54) is 38.6 Å². The molecular weight excluding hydrogens is 262 g/mol. The summed E-state index contributed by atoms with van der Waals surface area (Å²) in [4.78, 5) is 16.9. The van der Waals surface area contributed by atoms with Crippen LogP contribution in [0.5, 0.6) is 0 Å². The Balaban J connectivity index is 1.79. The van der Waals surface area contributed by atoms with E-state index in [0.29, 0.717) is 0 Å². The molecule has 0 aromatic carbocycles. The number of nitrogens with two attached hydrogens (primary N) is 1. The maximum absolute atomic E-state index is 12.4. The molecule has 0 radical (unpaired) electrons. The van der Waals surface area contributed by atoms with Crippen LogP contribution in [-0.2, 0) is 4.79 Å². The molecular formula is C17H33N3O. The molecule has 2 rings (SSSR count). The topological polar surface area (TPSA) is 49.6 Å². The first-order chi connectivity index (χ1) is 10.1. The van der Waals surface area contributed by atoms with Gasteiger partial charge in [-0.05, 0) is 37.6 Å². The summed E-state index contributed by atoms with van der Waals surface area (Å²) in [6, 6.07) is -0.338. The van der Waals surface area contributed by atoms with E-state index in [0.717, 1.165) is 38.5 Å². The van der Waals surface area contributed by atoms with Gasteiger partial charge in [0.25, 0.3) is 0 Å². The molecule has 0 aromatic heterocycles. The van der Waals surface area contributed by atoms with Gasteiger partial charge >= 0.3 is 0 Å². The highest BCUT2D eigenvalue weighted by Gasteiger charge is 2.26. The molecule has 21 heavy (non-hydrogen) atoms. The van der Waals surface area contributed by atoms with Gasteiger partial charge in [0.15, 0.2) is 0 Å². The van der Waals surface area contributed by atoms with E-state index in [4.69, 9.17) is 5.73 Å². The molecule has 0 unspecified atom stereocenters. The minimum atomic E-state index is -0.338. The first kappa shape index (κ1) is 16.8. The Morgan fingerprint density at radius 2 is 1.76 bits per heavy atom. The Hall–Kier alpha value is -0.610. The minimum absolute atomic E-state index is 0.143. The SMILES string of the molecule is CC(C)[C@H](N)C(=O)N1CCCN(CC2CCCCC2)CC1. The summed E-state index contributed by atoms with van der Waals surface area (Å²) in [5.41, 5.74) is 6.02. The molecule has 1 saturated carbocycles. The van der Waals surface area contributed by atoms with Crippen molar-refractivity contribution in [3.63, 3.8) is 0 Å². The predicted octanol–water partition coefficient (Wildman–Crippen LogP) is 2.08. The van der Waals surface area contributed by atoms with Crippen molar-refractivity contribution in [1.82, 2.24) is 9.80 Å². The largest absolute Gasteiger partial charge is 0.340 e. The second-order valence-corrected chi connectivity index (χ2v) is 7.25. The fourth-order valence-corrected chi connectivity index (χ4v) is 3.60. The quantitative estimate of drug-likeness (QED) is 0.864. The molecule has 1 heterocycles. The molecule has 1 aliphatic carbocycles. The molecule has 2 N–H and O–H groups in total. The number of carbonyl (C=O) groups excluding carboxylic acids is 1. The van der Waals surface area contributed by atoms with E-state index in [9.17, 15) is 4.79 Å². The highest BCUT2D eigenvalue weighted by molar-refractivity contribution is 5.81. The summed E-state index contributed by atoms with van der Waals surface area (Å²) < 4.78 is 0. The zero-order chi connectivity index (χ0) is 15.2. The first-order valence-corrected chi connectivity index (χ1v) is 8.84. The fraction of sp³-hybridized carbons (Fsp3) is 0.941. The molecule has 2 aliphatic rings. The molecule has 4 heteroatoms. The summed E-state index contributed by atoms with van der Waals surface area (Å²) in [5, 5.41) is 0. The minimum Gasteiger partial charge on any atom is -0.340 e. The van der Waals surface area contributed by atoms with Gasteiger partial charge in [0.2, 0.25) is 5.91 Å². The van der Waals surface area contributed by atoms with Crippen molar-refractivity contribution < 1.29 is 4.79 Å². The maximum atomic E-state index is 12.4. The smallest absolute Gasteiger partial charge is 0.239 e. The molecule has 1 aliphatic heterocycles. The standard InChI is InChI=1S/C17H33N3O/c1-14(2)16(18)17(21)20-10-6-9-19(11-12-20)13-15-7-4-3-5-8-15/h14-16H,3-13,18H2,1-2H3/t16-/m0/s1. The average molecular weight is 295 g/mol. The van der Waals surface area contributed by atoms with Crippen molar-refractivity contribution in [3.05, 3.63) is 0 Å². The second-order valence-electron chi connectivity index (χ2n) is 7.25. The zero-order valence-electron chi connectivity index (χ0n) is 13.9. The van der Waals surface area contributed by atoms with Gasteiger partial charge in [0, 0.05) is 26.2 Å². The van der Waals surface area contributed by atoms with Crippen LogP contribution in [0, 0.1) is 11.8 Å². The number of rotatable bonds is 4. The van der Waals surface area contributed by atoms with Crippen molar-refractivity contribution in [2.45, 2.75) is 58.4 Å². The molecule has 122 valence electrons. The van der Waals surface area contributed by atoms with Gasteiger partial charge < -0.3 is 15.5 Å². The van der Waals surface area contributed by atoms with E-state index < -0.39 is 0 Å². The van der Waals surface area contributed by atoms with E-state index >= 15 is 0 Å². The Bertz CT molecular complexity index is 326. The second kappa shape index (κ2) is 8.14. The molecule has 1 atom stereocenters. The van der Waals surface area contributed by atoms with Crippen LogP contribution in [0.1, 0.15) is 52.4 Å². The molecule has 0 spiro atoms. The summed E-state index contributed by atoms with van der Waals surface area (Å²) in [6.07, 6.45) is 8.13. The lowest BCUT2D eigenvalue weighted by molar-refractivity contribution is -0.133. The Morgan fingerprint density at radius 1 is 1.05 bits per heavy atom. The molecule has 4 nitrogen and oxygen atoms in total. The van der Waals surface area contributed by atoms with Crippen LogP contribution in [0.25, 0.3) is 0 Å². The lowest BCUT2D eigenvalue weighted by Crippen LogP contribution is -2.47. The number of amides is 1.